The molecular formula is C17H19N. The van der Waals surface area contributed by atoms with Gasteiger partial charge < -0.3 is 5.73 Å². The van der Waals surface area contributed by atoms with Gasteiger partial charge in [0.15, 0.2) is 0 Å². The molecule has 1 aliphatic rings. The van der Waals surface area contributed by atoms with Gasteiger partial charge in [-0.1, -0.05) is 67.6 Å². The lowest BCUT2D eigenvalue weighted by Crippen LogP contribution is -2.33. The topological polar surface area (TPSA) is 26.0 Å². The highest BCUT2D eigenvalue weighted by molar-refractivity contribution is 5.40. The Hall–Kier alpha value is -1.60. The summed E-state index contributed by atoms with van der Waals surface area (Å²) < 4.78 is 0. The lowest BCUT2D eigenvalue weighted by atomic mass is 9.82. The van der Waals surface area contributed by atoms with Crippen molar-refractivity contribution in [2.45, 2.75) is 24.8 Å². The van der Waals surface area contributed by atoms with Gasteiger partial charge in [0.1, 0.15) is 0 Å². The molecule has 2 aromatic carbocycles. The third kappa shape index (κ3) is 1.85. The van der Waals surface area contributed by atoms with Gasteiger partial charge in [0, 0.05) is 11.5 Å². The summed E-state index contributed by atoms with van der Waals surface area (Å²) in [4.78, 5) is 0. The van der Waals surface area contributed by atoms with E-state index in [4.69, 9.17) is 5.73 Å². The highest BCUT2D eigenvalue weighted by atomic mass is 14.9. The van der Waals surface area contributed by atoms with Crippen molar-refractivity contribution in [1.29, 1.82) is 0 Å². The van der Waals surface area contributed by atoms with Crippen molar-refractivity contribution in [2.24, 2.45) is 11.7 Å². The Kier molecular flexibility index (Phi) is 2.71. The van der Waals surface area contributed by atoms with Crippen LogP contribution in [0.1, 0.15) is 30.4 Å². The largest absolute Gasteiger partial charge is 0.324 e. The third-order valence-corrected chi connectivity index (χ3v) is 4.22. The minimum Gasteiger partial charge on any atom is -0.324 e. The van der Waals surface area contributed by atoms with Crippen LogP contribution in [0.4, 0.5) is 0 Å². The zero-order chi connectivity index (χ0) is 12.6. The van der Waals surface area contributed by atoms with Crippen LogP contribution in [0.15, 0.2) is 60.7 Å². The molecule has 0 aromatic heterocycles. The quantitative estimate of drug-likeness (QED) is 0.868. The smallest absolute Gasteiger partial charge is 0.0294 e. The average Bonchev–Trinajstić information content (AvgIpc) is 3.00. The molecule has 2 N–H and O–H groups in total. The molecule has 1 fully saturated rings. The molecule has 0 bridgehead atoms. The van der Waals surface area contributed by atoms with Crippen molar-refractivity contribution in [3.05, 3.63) is 71.8 Å². The Bertz CT molecular complexity index is 480. The van der Waals surface area contributed by atoms with Crippen molar-refractivity contribution < 1.29 is 0 Å². The van der Waals surface area contributed by atoms with Crippen LogP contribution < -0.4 is 5.73 Å². The molecule has 0 heterocycles. The number of hydrogen-bond acceptors (Lipinski definition) is 1. The van der Waals surface area contributed by atoms with Crippen LogP contribution in [0.2, 0.25) is 0 Å². The number of hydrogen-bond donors (Lipinski definition) is 1. The minimum atomic E-state index is -0.0668. The lowest BCUT2D eigenvalue weighted by molar-refractivity contribution is 0.544. The van der Waals surface area contributed by atoms with E-state index in [0.717, 1.165) is 6.42 Å². The van der Waals surface area contributed by atoms with Crippen LogP contribution in [0.5, 0.6) is 0 Å². The highest BCUT2D eigenvalue weighted by Gasteiger charge is 2.54. The Balaban J connectivity index is 2.06. The van der Waals surface area contributed by atoms with Crippen molar-refractivity contribution >= 4 is 0 Å². The first-order valence-electron chi connectivity index (χ1n) is 6.60. The van der Waals surface area contributed by atoms with Gasteiger partial charge in [-0.3, -0.25) is 0 Å². The van der Waals surface area contributed by atoms with Crippen molar-refractivity contribution in [3.8, 4) is 0 Å². The van der Waals surface area contributed by atoms with E-state index in [0.29, 0.717) is 11.8 Å². The van der Waals surface area contributed by atoms with E-state index in [1.165, 1.54) is 11.1 Å². The van der Waals surface area contributed by atoms with E-state index in [1.807, 2.05) is 0 Å². The average molecular weight is 237 g/mol. The molecule has 0 amide bonds. The molecule has 3 rings (SSSR count). The standard InChI is InChI=1S/C17H19N/c1-13-12-17(13,18)16(14-8-4-2-5-9-14)15-10-6-3-7-11-15/h2-11,13,16H,12,18H2,1H3. The van der Waals surface area contributed by atoms with Gasteiger partial charge in [0.25, 0.3) is 0 Å². The monoisotopic (exact) mass is 237 g/mol. The first-order valence-corrected chi connectivity index (χ1v) is 6.60. The fourth-order valence-electron chi connectivity index (χ4n) is 2.98. The van der Waals surface area contributed by atoms with Crippen LogP contribution in [0.25, 0.3) is 0 Å². The molecule has 2 atom stereocenters. The molecule has 2 aromatic rings. The Morgan fingerprint density at radius 2 is 1.33 bits per heavy atom. The Morgan fingerprint density at radius 3 is 1.67 bits per heavy atom. The van der Waals surface area contributed by atoms with Gasteiger partial charge in [-0.25, -0.2) is 0 Å². The second-order valence-electron chi connectivity index (χ2n) is 5.47. The van der Waals surface area contributed by atoms with Crippen LogP contribution >= 0.6 is 0 Å². The van der Waals surface area contributed by atoms with Crippen LogP contribution in [-0.4, -0.2) is 5.54 Å². The van der Waals surface area contributed by atoms with Crippen molar-refractivity contribution in [1.82, 2.24) is 0 Å². The maximum atomic E-state index is 6.60. The van der Waals surface area contributed by atoms with Crippen LogP contribution in [0, 0.1) is 5.92 Å². The van der Waals surface area contributed by atoms with E-state index in [-0.39, 0.29) is 5.54 Å². The highest BCUT2D eigenvalue weighted by Crippen LogP contribution is 2.52. The van der Waals surface area contributed by atoms with Crippen LogP contribution in [0.3, 0.4) is 0 Å². The molecular weight excluding hydrogens is 218 g/mol. The normalized spacial score (nSPS) is 26.3. The number of nitrogens with two attached hydrogens (primary N) is 1. The number of rotatable bonds is 3. The second-order valence-corrected chi connectivity index (χ2v) is 5.47. The minimum absolute atomic E-state index is 0.0668. The van der Waals surface area contributed by atoms with E-state index < -0.39 is 0 Å². The summed E-state index contributed by atoms with van der Waals surface area (Å²) in [6.07, 6.45) is 1.11. The molecule has 1 aliphatic carbocycles. The second kappa shape index (κ2) is 4.25. The zero-order valence-corrected chi connectivity index (χ0v) is 10.7. The van der Waals surface area contributed by atoms with Gasteiger partial charge in [-0.2, -0.15) is 0 Å². The summed E-state index contributed by atoms with van der Waals surface area (Å²) in [5.41, 5.74) is 9.19. The first kappa shape index (κ1) is 11.5. The first-order chi connectivity index (χ1) is 8.72. The SMILES string of the molecule is CC1CC1(N)C(c1ccccc1)c1ccccc1. The summed E-state index contributed by atoms with van der Waals surface area (Å²) >= 11 is 0. The van der Waals surface area contributed by atoms with Crippen molar-refractivity contribution in [3.63, 3.8) is 0 Å². The molecule has 0 saturated heterocycles. The van der Waals surface area contributed by atoms with Gasteiger partial charge in [-0.05, 0) is 23.5 Å². The van der Waals surface area contributed by atoms with Gasteiger partial charge in [0.2, 0.25) is 0 Å². The molecule has 2 unspecified atom stereocenters. The van der Waals surface area contributed by atoms with Gasteiger partial charge >= 0.3 is 0 Å². The van der Waals surface area contributed by atoms with Crippen LogP contribution in [-0.2, 0) is 0 Å². The molecule has 18 heavy (non-hydrogen) atoms. The third-order valence-electron chi connectivity index (χ3n) is 4.22. The number of benzene rings is 2. The molecule has 0 spiro atoms. The maximum Gasteiger partial charge on any atom is 0.0294 e. The molecule has 0 aliphatic heterocycles. The Labute approximate surface area is 109 Å². The van der Waals surface area contributed by atoms with Gasteiger partial charge in [0.05, 0.1) is 0 Å². The van der Waals surface area contributed by atoms with E-state index in [2.05, 4.69) is 67.6 Å². The summed E-state index contributed by atoms with van der Waals surface area (Å²) in [6, 6.07) is 21.3. The summed E-state index contributed by atoms with van der Waals surface area (Å²) in [5, 5.41) is 0. The molecule has 0 radical (unpaired) electrons. The predicted molar refractivity (Wildman–Crippen MR) is 75.4 cm³/mol. The zero-order valence-electron chi connectivity index (χ0n) is 10.7. The Morgan fingerprint density at radius 1 is 0.944 bits per heavy atom. The lowest BCUT2D eigenvalue weighted by Gasteiger charge is -2.25. The molecule has 1 saturated carbocycles. The van der Waals surface area contributed by atoms with E-state index in [1.54, 1.807) is 0 Å². The molecule has 92 valence electrons. The molecule has 1 nitrogen and oxygen atoms in total. The fourth-order valence-corrected chi connectivity index (χ4v) is 2.98. The summed E-state index contributed by atoms with van der Waals surface area (Å²) in [5.74, 6) is 0.915. The summed E-state index contributed by atoms with van der Waals surface area (Å²) in [6.45, 7) is 2.25. The van der Waals surface area contributed by atoms with Gasteiger partial charge in [-0.15, -0.1) is 0 Å². The summed E-state index contributed by atoms with van der Waals surface area (Å²) in [7, 11) is 0. The molecule has 1 heteroatoms. The van der Waals surface area contributed by atoms with Crippen molar-refractivity contribution in [2.75, 3.05) is 0 Å². The fraction of sp³-hybridized carbons (Fsp3) is 0.294. The van der Waals surface area contributed by atoms with E-state index in [9.17, 15) is 0 Å². The predicted octanol–water partition coefficient (Wildman–Crippen LogP) is 3.56. The van der Waals surface area contributed by atoms with E-state index >= 15 is 0 Å². The maximum absolute atomic E-state index is 6.60.